The van der Waals surface area contributed by atoms with Crippen molar-refractivity contribution in [2.24, 2.45) is 11.8 Å². The molecule has 3 aromatic rings. The predicted octanol–water partition coefficient (Wildman–Crippen LogP) is 5.77. The molecule has 2 heterocycles. The zero-order valence-corrected chi connectivity index (χ0v) is 23.6. The normalized spacial score (nSPS) is 23.5. The molecule has 2 amide bonds. The first-order valence-corrected chi connectivity index (χ1v) is 14.1. The quantitative estimate of drug-likeness (QED) is 0.232. The molecule has 3 aliphatic rings. The topological polar surface area (TPSA) is 110 Å². The average Bonchev–Trinajstić information content (AvgIpc) is 3.62. The van der Waals surface area contributed by atoms with Crippen LogP contribution in [0, 0.1) is 23.5 Å². The fourth-order valence-electron chi connectivity index (χ4n) is 6.24. The van der Waals surface area contributed by atoms with Gasteiger partial charge < -0.3 is 10.4 Å². The van der Waals surface area contributed by atoms with E-state index < -0.39 is 52.4 Å². The van der Waals surface area contributed by atoms with Gasteiger partial charge in [-0.25, -0.2) is 13.6 Å². The summed E-state index contributed by atoms with van der Waals surface area (Å²) in [6.45, 7) is 0.451. The van der Waals surface area contributed by atoms with Crippen LogP contribution in [0.25, 0.3) is 0 Å². The van der Waals surface area contributed by atoms with Crippen molar-refractivity contribution in [3.63, 3.8) is 0 Å². The Morgan fingerprint density at radius 2 is 1.90 bits per heavy atom. The summed E-state index contributed by atoms with van der Waals surface area (Å²) in [5, 5.41) is 23.7. The Kier molecular flexibility index (Phi) is 6.88. The summed E-state index contributed by atoms with van der Waals surface area (Å²) in [4.78, 5) is 41.3. The molecular weight excluding hydrogens is 624 g/mol. The Labute approximate surface area is 246 Å². The van der Waals surface area contributed by atoms with Crippen LogP contribution in [-0.4, -0.2) is 46.1 Å². The molecule has 3 atom stereocenters. The Morgan fingerprint density at radius 1 is 1.15 bits per heavy atom. The summed E-state index contributed by atoms with van der Waals surface area (Å²) < 4.78 is 30.5. The van der Waals surface area contributed by atoms with Gasteiger partial charge in [0.1, 0.15) is 17.2 Å². The number of halogens is 4. The Balaban J connectivity index is 1.52. The lowest BCUT2D eigenvalue weighted by atomic mass is 9.71. The third-order valence-corrected chi connectivity index (χ3v) is 9.05. The first-order chi connectivity index (χ1) is 19.5. The number of rotatable bonds is 6. The number of carboxylic acid groups (broad SMARTS) is 1. The van der Waals surface area contributed by atoms with Crippen molar-refractivity contribution < 1.29 is 33.5 Å². The number of likely N-dealkylation sites (tertiary alicyclic amines) is 1. The van der Waals surface area contributed by atoms with Crippen molar-refractivity contribution in [3.8, 4) is 0 Å². The van der Waals surface area contributed by atoms with Crippen LogP contribution in [0.2, 0.25) is 5.02 Å². The zero-order chi connectivity index (χ0) is 29.2. The molecule has 1 aliphatic carbocycles. The largest absolute Gasteiger partial charge is 0.478 e. The second-order valence-electron chi connectivity index (χ2n) is 10.6. The van der Waals surface area contributed by atoms with Crippen LogP contribution < -0.4 is 10.4 Å². The Bertz CT molecular complexity index is 1620. The van der Waals surface area contributed by atoms with Crippen molar-refractivity contribution in [3.05, 3.63) is 92.4 Å². The third kappa shape index (κ3) is 4.42. The summed E-state index contributed by atoms with van der Waals surface area (Å²) in [5.41, 5.74) is -1.36. The van der Waals surface area contributed by atoms with Gasteiger partial charge in [0.15, 0.2) is 0 Å². The van der Waals surface area contributed by atoms with Gasteiger partial charge in [-0.2, -0.15) is 5.06 Å². The maximum absolute atomic E-state index is 15.9. The number of nitrogens with one attached hydrogen (secondary N) is 1. The van der Waals surface area contributed by atoms with Gasteiger partial charge in [0.05, 0.1) is 21.6 Å². The number of anilines is 2. The van der Waals surface area contributed by atoms with Gasteiger partial charge >= 0.3 is 5.97 Å². The van der Waals surface area contributed by atoms with Crippen molar-refractivity contribution in [1.82, 2.24) is 4.90 Å². The van der Waals surface area contributed by atoms with Gasteiger partial charge in [0.2, 0.25) is 5.91 Å². The highest BCUT2D eigenvalue weighted by atomic mass is 79.9. The van der Waals surface area contributed by atoms with Crippen LogP contribution in [0.4, 0.5) is 20.2 Å². The van der Waals surface area contributed by atoms with Gasteiger partial charge in [0, 0.05) is 41.3 Å². The van der Waals surface area contributed by atoms with Crippen molar-refractivity contribution >= 4 is 56.7 Å². The number of carbonyl (C=O) groups is 3. The van der Waals surface area contributed by atoms with Gasteiger partial charge in [-0.1, -0.05) is 29.8 Å². The van der Waals surface area contributed by atoms with Crippen LogP contribution in [0.5, 0.6) is 0 Å². The number of fused-ring (bicyclic) bond motifs is 2. The molecule has 41 heavy (non-hydrogen) atoms. The number of aromatic carboxylic acids is 1. The maximum atomic E-state index is 15.9. The van der Waals surface area contributed by atoms with Crippen LogP contribution in [0.15, 0.2) is 59.1 Å². The van der Waals surface area contributed by atoms with Gasteiger partial charge in [0.25, 0.3) is 5.91 Å². The highest BCUT2D eigenvalue weighted by Crippen LogP contribution is 2.59. The molecule has 1 saturated heterocycles. The number of hydrogen-bond donors (Lipinski definition) is 3. The molecule has 212 valence electrons. The van der Waals surface area contributed by atoms with E-state index in [0.29, 0.717) is 22.8 Å². The lowest BCUT2D eigenvalue weighted by Crippen LogP contribution is -2.51. The predicted molar refractivity (Wildman–Crippen MR) is 149 cm³/mol. The molecule has 6 rings (SSSR count). The summed E-state index contributed by atoms with van der Waals surface area (Å²) in [7, 11) is 0. The van der Waals surface area contributed by atoms with E-state index in [1.807, 2.05) is 4.90 Å². The van der Waals surface area contributed by atoms with Crippen molar-refractivity contribution in [1.29, 1.82) is 0 Å². The molecule has 0 radical (unpaired) electrons. The van der Waals surface area contributed by atoms with Crippen LogP contribution >= 0.6 is 27.5 Å². The summed E-state index contributed by atoms with van der Waals surface area (Å²) in [6, 6.07) is 12.3. The first kappa shape index (κ1) is 27.8. The van der Waals surface area contributed by atoms with E-state index in [2.05, 4.69) is 21.2 Å². The van der Waals surface area contributed by atoms with Crippen LogP contribution in [0.1, 0.15) is 40.2 Å². The van der Waals surface area contributed by atoms with E-state index in [4.69, 9.17) is 16.7 Å². The number of nitrogens with zero attached hydrogens (tertiary/aromatic N) is 2. The minimum absolute atomic E-state index is 0.00576. The molecule has 0 aromatic heterocycles. The maximum Gasteiger partial charge on any atom is 0.338 e. The van der Waals surface area contributed by atoms with Crippen molar-refractivity contribution in [2.75, 3.05) is 23.5 Å². The zero-order valence-electron chi connectivity index (χ0n) is 21.3. The first-order valence-electron chi connectivity index (χ1n) is 12.9. The molecule has 12 heteroatoms. The molecule has 0 bridgehead atoms. The van der Waals surface area contributed by atoms with E-state index in [-0.39, 0.29) is 33.2 Å². The second-order valence-corrected chi connectivity index (χ2v) is 11.9. The Morgan fingerprint density at radius 3 is 2.59 bits per heavy atom. The van der Waals surface area contributed by atoms with Gasteiger partial charge in [-0.05, 0) is 70.6 Å². The smallest absolute Gasteiger partial charge is 0.338 e. The summed E-state index contributed by atoms with van der Waals surface area (Å²) in [5.74, 6) is -6.63. The monoisotopic (exact) mass is 645 g/mol. The minimum atomic E-state index is -1.51. The molecule has 1 saturated carbocycles. The van der Waals surface area contributed by atoms with Crippen molar-refractivity contribution in [2.45, 2.75) is 24.3 Å². The number of hydrogen-bond acceptors (Lipinski definition) is 5. The van der Waals surface area contributed by atoms with E-state index in [1.54, 1.807) is 24.3 Å². The molecule has 0 unspecified atom stereocenters. The second kappa shape index (κ2) is 10.2. The molecule has 2 fully saturated rings. The number of hydroxylamine groups is 1. The van der Waals surface area contributed by atoms with E-state index >= 15 is 4.39 Å². The molecule has 3 aromatic carbocycles. The minimum Gasteiger partial charge on any atom is -0.478 e. The fourth-order valence-corrected chi connectivity index (χ4v) is 6.79. The Hall–Kier alpha value is -3.38. The highest BCUT2D eigenvalue weighted by Gasteiger charge is 2.66. The molecule has 8 nitrogen and oxygen atoms in total. The van der Waals surface area contributed by atoms with E-state index in [0.717, 1.165) is 31.0 Å². The number of carboxylic acids is 1. The summed E-state index contributed by atoms with van der Waals surface area (Å²) >= 11 is 9.46. The summed E-state index contributed by atoms with van der Waals surface area (Å²) in [6.07, 6.45) is 1.88. The van der Waals surface area contributed by atoms with Gasteiger partial charge in [-0.15, -0.1) is 0 Å². The number of carbonyl (C=O) groups excluding carboxylic acids is 2. The van der Waals surface area contributed by atoms with Crippen LogP contribution in [-0.2, 0) is 15.1 Å². The standard InChI is InChI=1S/C29H23BrClF2N3O5/c30-21-3-1-2-18(25(21)33)24-19(26(37)36(41)16-7-8-17(27(38)39)22(32)11-16)13-35(12-14-4-5-14)29(24)20-9-6-15(31)10-23(20)34-28(29)40/h1-3,6-11,14,19,24,41H,4-5,12-13H2,(H,34,40)(H,38,39)/t19-,24+,29-/m1/s1. The highest BCUT2D eigenvalue weighted by molar-refractivity contribution is 9.10. The average molecular weight is 647 g/mol. The van der Waals surface area contributed by atoms with E-state index in [1.165, 1.54) is 12.1 Å². The molecule has 2 aliphatic heterocycles. The molecule has 3 N–H and O–H groups in total. The lowest BCUT2D eigenvalue weighted by molar-refractivity contribution is -0.128. The SMILES string of the molecule is O=C(O)c1ccc(N(O)C(=O)[C@@H]2CN(CC3CC3)[C@@]3(C(=O)Nc4cc(Cl)ccc43)[C@H]2c2cccc(Br)c2F)cc1F. The lowest BCUT2D eigenvalue weighted by Gasteiger charge is -2.38. The van der Waals surface area contributed by atoms with Gasteiger partial charge in [-0.3, -0.25) is 19.7 Å². The number of benzene rings is 3. The van der Waals surface area contributed by atoms with Crippen LogP contribution in [0.3, 0.4) is 0 Å². The van der Waals surface area contributed by atoms with E-state index in [9.17, 15) is 24.0 Å². The fraction of sp³-hybridized carbons (Fsp3) is 0.276. The number of amides is 2. The molecular formula is C29H23BrClF2N3O5. The third-order valence-electron chi connectivity index (χ3n) is 8.20. The molecule has 1 spiro atoms.